The Hall–Kier alpha value is -0.740. The number of amides is 2. The third-order valence-corrected chi connectivity index (χ3v) is 3.65. The molecule has 116 valence electrons. The summed E-state index contributed by atoms with van der Waals surface area (Å²) in [5.41, 5.74) is 0. The fraction of sp³-hybridized carbons (Fsp3) is 0.889. The minimum Gasteiger partial charge on any atom is -0.387 e. The first kappa shape index (κ1) is 15.6. The van der Waals surface area contributed by atoms with Gasteiger partial charge < -0.3 is 30.1 Å². The number of urea groups is 1. The van der Waals surface area contributed by atoms with Gasteiger partial charge in [-0.05, 0) is 6.42 Å². The summed E-state index contributed by atoms with van der Waals surface area (Å²) in [7, 11) is -4.69. The maximum absolute atomic E-state index is 11.6. The van der Waals surface area contributed by atoms with Crippen molar-refractivity contribution in [2.24, 2.45) is 0 Å². The highest BCUT2D eigenvalue weighted by atomic mass is 31.2. The van der Waals surface area contributed by atoms with Crippen LogP contribution in [-0.2, 0) is 13.8 Å². The van der Waals surface area contributed by atoms with E-state index >= 15 is 0 Å². The molecule has 11 heteroatoms. The number of nitrogens with one attached hydrogen (secondary N) is 1. The number of ether oxygens (including phenoxy) is 1. The molecule has 4 atom stereocenters. The van der Waals surface area contributed by atoms with E-state index in [4.69, 9.17) is 14.5 Å². The summed E-state index contributed by atoms with van der Waals surface area (Å²) < 4.78 is 20.1. The zero-order valence-electron chi connectivity index (χ0n) is 10.5. The number of phosphoric acid groups is 1. The molecular weight excluding hydrogens is 295 g/mol. The summed E-state index contributed by atoms with van der Waals surface area (Å²) >= 11 is 0. The Morgan fingerprint density at radius 2 is 2.10 bits per heavy atom. The Labute approximate surface area is 114 Å². The van der Waals surface area contributed by atoms with Crippen LogP contribution >= 0.6 is 7.82 Å². The first-order chi connectivity index (χ1) is 9.29. The predicted octanol–water partition coefficient (Wildman–Crippen LogP) is -2.04. The fourth-order valence-electron chi connectivity index (χ4n) is 2.19. The van der Waals surface area contributed by atoms with Gasteiger partial charge in [-0.3, -0.25) is 9.42 Å². The second-order valence-electron chi connectivity index (χ2n) is 4.61. The van der Waals surface area contributed by atoms with Crippen LogP contribution < -0.4 is 5.32 Å². The highest BCUT2D eigenvalue weighted by Gasteiger charge is 2.47. The SMILES string of the molecule is O=C1NCCCN1[C@@H]1O[C@H](COP(=O)(O)O)[C@@H](O)[C@@H]1O. The Morgan fingerprint density at radius 1 is 1.40 bits per heavy atom. The summed E-state index contributed by atoms with van der Waals surface area (Å²) in [5.74, 6) is 0. The quantitative estimate of drug-likeness (QED) is 0.373. The van der Waals surface area contributed by atoms with Crippen molar-refractivity contribution in [2.45, 2.75) is 31.0 Å². The average Bonchev–Trinajstić information content (AvgIpc) is 2.64. The Morgan fingerprint density at radius 3 is 2.70 bits per heavy atom. The molecule has 2 amide bonds. The molecule has 2 fully saturated rings. The maximum atomic E-state index is 11.6. The van der Waals surface area contributed by atoms with Crippen molar-refractivity contribution < 1.29 is 38.6 Å². The van der Waals surface area contributed by atoms with Gasteiger partial charge in [0.2, 0.25) is 0 Å². The lowest BCUT2D eigenvalue weighted by Crippen LogP contribution is -2.54. The summed E-state index contributed by atoms with van der Waals surface area (Å²) in [6.45, 7) is 0.284. The van der Waals surface area contributed by atoms with Crippen LogP contribution in [0.25, 0.3) is 0 Å². The predicted molar refractivity (Wildman–Crippen MR) is 63.4 cm³/mol. The van der Waals surface area contributed by atoms with E-state index in [0.29, 0.717) is 19.5 Å². The fourth-order valence-corrected chi connectivity index (χ4v) is 2.53. The number of nitrogens with zero attached hydrogens (tertiary/aromatic N) is 1. The molecule has 0 spiro atoms. The van der Waals surface area contributed by atoms with Gasteiger partial charge in [-0.15, -0.1) is 0 Å². The van der Waals surface area contributed by atoms with Crippen LogP contribution in [0, 0.1) is 0 Å². The minimum absolute atomic E-state index is 0.354. The number of carbonyl (C=O) groups excluding carboxylic acids is 1. The Kier molecular flexibility index (Phi) is 4.65. The van der Waals surface area contributed by atoms with Crippen molar-refractivity contribution in [3.63, 3.8) is 0 Å². The van der Waals surface area contributed by atoms with Gasteiger partial charge >= 0.3 is 13.9 Å². The van der Waals surface area contributed by atoms with Gasteiger partial charge in [0.05, 0.1) is 6.61 Å². The van der Waals surface area contributed by atoms with Crippen LogP contribution in [-0.4, -0.2) is 75.2 Å². The highest BCUT2D eigenvalue weighted by molar-refractivity contribution is 7.46. The Bertz CT molecular complexity index is 415. The number of hydrogen-bond donors (Lipinski definition) is 5. The third kappa shape index (κ3) is 3.47. The number of phosphoric ester groups is 1. The standard InChI is InChI=1S/C9H17N2O8P/c12-6-5(4-18-20(15,16)17)19-8(7(6)13)11-3-1-2-10-9(11)14/h5-8,12-13H,1-4H2,(H,10,14)(H2,15,16,17)/t5-,6-,7+,8-/m1/s1. The molecule has 0 saturated carbocycles. The first-order valence-electron chi connectivity index (χ1n) is 6.06. The van der Waals surface area contributed by atoms with Gasteiger partial charge in [0.1, 0.15) is 18.3 Å². The number of aliphatic hydroxyl groups is 2. The zero-order chi connectivity index (χ0) is 14.9. The van der Waals surface area contributed by atoms with E-state index < -0.39 is 45.0 Å². The molecule has 0 aliphatic carbocycles. The molecule has 2 saturated heterocycles. The third-order valence-electron chi connectivity index (χ3n) is 3.16. The monoisotopic (exact) mass is 312 g/mol. The second-order valence-corrected chi connectivity index (χ2v) is 5.85. The minimum atomic E-state index is -4.69. The summed E-state index contributed by atoms with van der Waals surface area (Å²) in [6.07, 6.45) is -4.31. The zero-order valence-corrected chi connectivity index (χ0v) is 11.3. The van der Waals surface area contributed by atoms with E-state index in [-0.39, 0.29) is 0 Å². The average molecular weight is 312 g/mol. The van der Waals surface area contributed by atoms with Crippen LogP contribution in [0.2, 0.25) is 0 Å². The van der Waals surface area contributed by atoms with Crippen molar-refractivity contribution in [2.75, 3.05) is 19.7 Å². The van der Waals surface area contributed by atoms with Crippen LogP contribution in [0.5, 0.6) is 0 Å². The molecule has 0 bridgehead atoms. The maximum Gasteiger partial charge on any atom is 0.469 e. The summed E-state index contributed by atoms with van der Waals surface area (Å²) in [4.78, 5) is 30.1. The topological polar surface area (TPSA) is 149 Å². The molecule has 0 aromatic rings. The van der Waals surface area contributed by atoms with Crippen LogP contribution in [0.15, 0.2) is 0 Å². The molecular formula is C9H17N2O8P. The number of aliphatic hydroxyl groups excluding tert-OH is 2. The van der Waals surface area contributed by atoms with E-state index in [1.165, 1.54) is 4.90 Å². The molecule has 5 N–H and O–H groups in total. The van der Waals surface area contributed by atoms with Crippen molar-refractivity contribution in [3.8, 4) is 0 Å². The van der Waals surface area contributed by atoms with Gasteiger partial charge in [-0.1, -0.05) is 0 Å². The lowest BCUT2D eigenvalue weighted by atomic mass is 10.1. The van der Waals surface area contributed by atoms with Gasteiger partial charge in [-0.2, -0.15) is 0 Å². The smallest absolute Gasteiger partial charge is 0.387 e. The normalized spacial score (nSPS) is 35.2. The lowest BCUT2D eigenvalue weighted by Gasteiger charge is -2.33. The molecule has 2 aliphatic rings. The van der Waals surface area contributed by atoms with Crippen molar-refractivity contribution in [3.05, 3.63) is 0 Å². The van der Waals surface area contributed by atoms with Gasteiger partial charge in [0, 0.05) is 13.1 Å². The molecule has 0 radical (unpaired) electrons. The largest absolute Gasteiger partial charge is 0.469 e. The molecule has 2 rings (SSSR count). The molecule has 0 aromatic carbocycles. The lowest BCUT2D eigenvalue weighted by molar-refractivity contribution is -0.0812. The number of rotatable bonds is 4. The molecule has 2 heterocycles. The van der Waals surface area contributed by atoms with Crippen molar-refractivity contribution in [1.82, 2.24) is 10.2 Å². The molecule has 20 heavy (non-hydrogen) atoms. The van der Waals surface area contributed by atoms with Crippen LogP contribution in [0.3, 0.4) is 0 Å². The second kappa shape index (κ2) is 5.94. The molecule has 10 nitrogen and oxygen atoms in total. The highest BCUT2D eigenvalue weighted by Crippen LogP contribution is 2.37. The van der Waals surface area contributed by atoms with E-state index in [0.717, 1.165) is 0 Å². The van der Waals surface area contributed by atoms with E-state index in [2.05, 4.69) is 9.84 Å². The molecule has 0 unspecified atom stereocenters. The van der Waals surface area contributed by atoms with Gasteiger partial charge in [0.15, 0.2) is 6.23 Å². The van der Waals surface area contributed by atoms with E-state index in [1.54, 1.807) is 0 Å². The molecule has 0 aromatic heterocycles. The molecule has 2 aliphatic heterocycles. The Balaban J connectivity index is 1.99. The van der Waals surface area contributed by atoms with Gasteiger partial charge in [-0.25, -0.2) is 9.36 Å². The summed E-state index contributed by atoms with van der Waals surface area (Å²) in [5, 5.41) is 22.2. The number of hydrogen-bond acceptors (Lipinski definition) is 6. The van der Waals surface area contributed by atoms with Crippen LogP contribution in [0.4, 0.5) is 4.79 Å². The number of carbonyl (C=O) groups is 1. The van der Waals surface area contributed by atoms with Crippen molar-refractivity contribution in [1.29, 1.82) is 0 Å². The van der Waals surface area contributed by atoms with Crippen LogP contribution in [0.1, 0.15) is 6.42 Å². The van der Waals surface area contributed by atoms with Gasteiger partial charge in [0.25, 0.3) is 0 Å². The first-order valence-corrected chi connectivity index (χ1v) is 7.59. The summed E-state index contributed by atoms with van der Waals surface area (Å²) in [6, 6.07) is -0.427. The van der Waals surface area contributed by atoms with E-state index in [1.807, 2.05) is 0 Å². The van der Waals surface area contributed by atoms with Crippen molar-refractivity contribution >= 4 is 13.9 Å². The van der Waals surface area contributed by atoms with E-state index in [9.17, 15) is 19.6 Å².